The molecule has 0 spiro atoms. The standard InChI is InChI=1S/C24H26N2O4S/c1-28-18-7-4-6-17(13-18)25-23(27)15-26-10-9-16-12-20(29-2)21(30-3)14-19(16)24(26)22-8-5-11-31-22/h4-8,11-14,24H,9-10,15H2,1-3H3,(H,25,27)/t24-/m0/s1. The van der Waals surface area contributed by atoms with Crippen LogP contribution in [0.3, 0.4) is 0 Å². The smallest absolute Gasteiger partial charge is 0.238 e. The largest absolute Gasteiger partial charge is 0.497 e. The number of hydrogen-bond acceptors (Lipinski definition) is 6. The lowest BCUT2D eigenvalue weighted by Gasteiger charge is -2.37. The van der Waals surface area contributed by atoms with Crippen molar-refractivity contribution >= 4 is 22.9 Å². The predicted molar refractivity (Wildman–Crippen MR) is 123 cm³/mol. The Morgan fingerprint density at radius 3 is 2.58 bits per heavy atom. The maximum Gasteiger partial charge on any atom is 0.238 e. The molecule has 0 unspecified atom stereocenters. The van der Waals surface area contributed by atoms with Gasteiger partial charge >= 0.3 is 0 Å². The normalized spacial score (nSPS) is 15.8. The number of anilines is 1. The van der Waals surface area contributed by atoms with E-state index in [-0.39, 0.29) is 18.5 Å². The van der Waals surface area contributed by atoms with Crippen LogP contribution in [0, 0.1) is 0 Å². The predicted octanol–water partition coefficient (Wildman–Crippen LogP) is 4.36. The fraction of sp³-hybridized carbons (Fsp3) is 0.292. The van der Waals surface area contributed by atoms with Gasteiger partial charge in [-0.25, -0.2) is 0 Å². The summed E-state index contributed by atoms with van der Waals surface area (Å²) in [6.07, 6.45) is 0.837. The summed E-state index contributed by atoms with van der Waals surface area (Å²) in [6.45, 7) is 1.06. The molecule has 0 bridgehead atoms. The summed E-state index contributed by atoms with van der Waals surface area (Å²) in [5, 5.41) is 5.06. The Kier molecular flexibility index (Phi) is 6.44. The van der Waals surface area contributed by atoms with Gasteiger partial charge in [0, 0.05) is 23.2 Å². The van der Waals surface area contributed by atoms with Gasteiger partial charge in [-0.2, -0.15) is 0 Å². The second kappa shape index (κ2) is 9.41. The van der Waals surface area contributed by atoms with E-state index in [1.165, 1.54) is 10.4 Å². The Morgan fingerprint density at radius 1 is 1.06 bits per heavy atom. The lowest BCUT2D eigenvalue weighted by atomic mass is 9.91. The van der Waals surface area contributed by atoms with Crippen molar-refractivity contribution in [3.8, 4) is 17.2 Å². The zero-order valence-electron chi connectivity index (χ0n) is 17.9. The van der Waals surface area contributed by atoms with Crippen molar-refractivity contribution in [2.45, 2.75) is 12.5 Å². The van der Waals surface area contributed by atoms with Gasteiger partial charge in [0.15, 0.2) is 11.5 Å². The number of nitrogens with one attached hydrogen (secondary N) is 1. The lowest BCUT2D eigenvalue weighted by molar-refractivity contribution is -0.117. The molecule has 1 atom stereocenters. The highest BCUT2D eigenvalue weighted by Gasteiger charge is 2.32. The Bertz CT molecular complexity index is 1050. The Balaban J connectivity index is 1.61. The maximum absolute atomic E-state index is 12.9. The number of fused-ring (bicyclic) bond motifs is 1. The minimum Gasteiger partial charge on any atom is -0.497 e. The molecule has 0 saturated carbocycles. The van der Waals surface area contributed by atoms with E-state index in [1.54, 1.807) is 32.7 Å². The first-order valence-corrected chi connectivity index (χ1v) is 11.0. The molecular formula is C24H26N2O4S. The highest BCUT2D eigenvalue weighted by molar-refractivity contribution is 7.10. The van der Waals surface area contributed by atoms with E-state index in [1.807, 2.05) is 36.4 Å². The number of hydrogen-bond donors (Lipinski definition) is 1. The van der Waals surface area contributed by atoms with Crippen LogP contribution in [-0.4, -0.2) is 45.2 Å². The number of amides is 1. The molecule has 1 N–H and O–H groups in total. The topological polar surface area (TPSA) is 60.0 Å². The van der Waals surface area contributed by atoms with Crippen LogP contribution in [-0.2, 0) is 11.2 Å². The molecule has 2 aromatic carbocycles. The van der Waals surface area contributed by atoms with Gasteiger partial charge in [-0.1, -0.05) is 12.1 Å². The van der Waals surface area contributed by atoms with Gasteiger partial charge in [-0.15, -0.1) is 11.3 Å². The number of methoxy groups -OCH3 is 3. The van der Waals surface area contributed by atoms with Crippen LogP contribution in [0.25, 0.3) is 0 Å². The monoisotopic (exact) mass is 438 g/mol. The molecule has 0 saturated heterocycles. The van der Waals surface area contributed by atoms with Gasteiger partial charge in [0.05, 0.1) is 33.9 Å². The number of thiophene rings is 1. The zero-order valence-corrected chi connectivity index (χ0v) is 18.7. The molecule has 7 heteroatoms. The number of rotatable bonds is 7. The Labute approximate surface area is 186 Å². The minimum atomic E-state index is -0.0567. The third-order valence-electron chi connectivity index (χ3n) is 5.49. The van der Waals surface area contributed by atoms with Gasteiger partial charge < -0.3 is 19.5 Å². The molecule has 0 radical (unpaired) electrons. The quantitative estimate of drug-likeness (QED) is 0.594. The molecule has 1 aliphatic rings. The number of carbonyl (C=O) groups excluding carboxylic acids is 1. The third kappa shape index (κ3) is 4.52. The fourth-order valence-corrected chi connectivity index (χ4v) is 4.91. The average molecular weight is 439 g/mol. The van der Waals surface area contributed by atoms with Gasteiger partial charge in [0.2, 0.25) is 5.91 Å². The van der Waals surface area contributed by atoms with Crippen LogP contribution in [0.2, 0.25) is 0 Å². The molecule has 31 heavy (non-hydrogen) atoms. The first kappa shape index (κ1) is 21.2. The van der Waals surface area contributed by atoms with Crippen molar-refractivity contribution < 1.29 is 19.0 Å². The van der Waals surface area contributed by atoms with E-state index in [0.29, 0.717) is 11.5 Å². The van der Waals surface area contributed by atoms with E-state index in [4.69, 9.17) is 14.2 Å². The number of carbonyl (C=O) groups is 1. The summed E-state index contributed by atoms with van der Waals surface area (Å²) in [4.78, 5) is 16.3. The van der Waals surface area contributed by atoms with Crippen molar-refractivity contribution in [1.82, 2.24) is 4.90 Å². The molecule has 1 aliphatic heterocycles. The molecule has 6 nitrogen and oxygen atoms in total. The van der Waals surface area contributed by atoms with E-state index in [2.05, 4.69) is 27.7 Å². The average Bonchev–Trinajstić information content (AvgIpc) is 3.32. The highest BCUT2D eigenvalue weighted by Crippen LogP contribution is 2.42. The number of nitrogens with zero attached hydrogens (tertiary/aromatic N) is 1. The minimum absolute atomic E-state index is 0.0142. The van der Waals surface area contributed by atoms with Crippen molar-refractivity contribution in [2.75, 3.05) is 39.7 Å². The molecule has 162 valence electrons. The molecule has 0 aliphatic carbocycles. The summed E-state index contributed by atoms with van der Waals surface area (Å²) in [7, 11) is 4.91. The Hall–Kier alpha value is -3.03. The van der Waals surface area contributed by atoms with Crippen LogP contribution in [0.4, 0.5) is 5.69 Å². The van der Waals surface area contributed by atoms with Gasteiger partial charge in [0.1, 0.15) is 5.75 Å². The van der Waals surface area contributed by atoms with Gasteiger partial charge in [-0.3, -0.25) is 9.69 Å². The Morgan fingerprint density at radius 2 is 1.87 bits per heavy atom. The van der Waals surface area contributed by atoms with Crippen LogP contribution < -0.4 is 19.5 Å². The fourth-order valence-electron chi connectivity index (χ4n) is 4.03. The third-order valence-corrected chi connectivity index (χ3v) is 6.41. The summed E-state index contributed by atoms with van der Waals surface area (Å²) < 4.78 is 16.3. The van der Waals surface area contributed by atoms with Crippen LogP contribution >= 0.6 is 11.3 Å². The summed E-state index contributed by atoms with van der Waals surface area (Å²) in [5.41, 5.74) is 3.10. The molecule has 3 aromatic rings. The van der Waals surface area contributed by atoms with Crippen molar-refractivity contribution in [1.29, 1.82) is 0 Å². The van der Waals surface area contributed by atoms with E-state index in [0.717, 1.165) is 30.0 Å². The number of ether oxygens (including phenoxy) is 3. The number of benzene rings is 2. The van der Waals surface area contributed by atoms with Crippen molar-refractivity contribution in [3.05, 3.63) is 69.9 Å². The second-order valence-electron chi connectivity index (χ2n) is 7.32. The van der Waals surface area contributed by atoms with Gasteiger partial charge in [-0.05, 0) is 53.3 Å². The van der Waals surface area contributed by atoms with Crippen LogP contribution in [0.1, 0.15) is 22.0 Å². The van der Waals surface area contributed by atoms with Crippen molar-refractivity contribution in [2.24, 2.45) is 0 Å². The molecule has 1 aromatic heterocycles. The van der Waals surface area contributed by atoms with Crippen LogP contribution in [0.15, 0.2) is 53.9 Å². The van der Waals surface area contributed by atoms with Gasteiger partial charge in [0.25, 0.3) is 0 Å². The molecular weight excluding hydrogens is 412 g/mol. The van der Waals surface area contributed by atoms with E-state index >= 15 is 0 Å². The lowest BCUT2D eigenvalue weighted by Crippen LogP contribution is -2.40. The first-order valence-electron chi connectivity index (χ1n) is 10.1. The van der Waals surface area contributed by atoms with E-state index in [9.17, 15) is 4.79 Å². The zero-order chi connectivity index (χ0) is 21.8. The second-order valence-corrected chi connectivity index (χ2v) is 8.30. The molecule has 0 fully saturated rings. The molecule has 1 amide bonds. The van der Waals surface area contributed by atoms with E-state index < -0.39 is 0 Å². The molecule has 4 rings (SSSR count). The maximum atomic E-state index is 12.9. The van der Waals surface area contributed by atoms with Crippen molar-refractivity contribution in [3.63, 3.8) is 0 Å². The molecule has 2 heterocycles. The summed E-state index contributed by atoms with van der Waals surface area (Å²) in [6, 6.07) is 15.6. The summed E-state index contributed by atoms with van der Waals surface area (Å²) >= 11 is 1.69. The highest BCUT2D eigenvalue weighted by atomic mass is 32.1. The SMILES string of the molecule is COc1cccc(NC(=O)CN2CCc3cc(OC)c(OC)cc3[C@H]2c2cccs2)c1. The first-order chi connectivity index (χ1) is 15.1. The van der Waals surface area contributed by atoms with Crippen LogP contribution in [0.5, 0.6) is 17.2 Å². The summed E-state index contributed by atoms with van der Waals surface area (Å²) in [5.74, 6) is 2.09.